The van der Waals surface area contributed by atoms with Crippen LogP contribution in [0.3, 0.4) is 0 Å². The summed E-state index contributed by atoms with van der Waals surface area (Å²) in [7, 11) is 3.88. The van der Waals surface area contributed by atoms with Crippen LogP contribution in [0.2, 0.25) is 0 Å². The molecule has 0 aliphatic rings. The molecule has 20 heavy (non-hydrogen) atoms. The van der Waals surface area contributed by atoms with Crippen molar-refractivity contribution in [3.05, 3.63) is 48.0 Å². The summed E-state index contributed by atoms with van der Waals surface area (Å²) < 4.78 is 5.19. The second-order valence-electron chi connectivity index (χ2n) is 4.77. The van der Waals surface area contributed by atoms with E-state index in [0.717, 1.165) is 17.1 Å². The number of nitrogens with one attached hydrogen (secondary N) is 1. The number of anilines is 1. The second kappa shape index (κ2) is 6.75. The van der Waals surface area contributed by atoms with Crippen LogP contribution in [0, 0.1) is 0 Å². The molecule has 0 unspecified atom stereocenters. The third-order valence-electron chi connectivity index (χ3n) is 2.94. The molecule has 0 atom stereocenters. The minimum Gasteiger partial charge on any atom is -0.469 e. The number of carbonyl (C=O) groups is 1. The summed E-state index contributed by atoms with van der Waals surface area (Å²) in [6.07, 6.45) is 4.42. The molecule has 1 amide bonds. The Morgan fingerprint density at radius 1 is 1.40 bits per heavy atom. The van der Waals surface area contributed by atoms with Gasteiger partial charge in [0.1, 0.15) is 11.6 Å². The van der Waals surface area contributed by atoms with E-state index >= 15 is 0 Å². The van der Waals surface area contributed by atoms with Gasteiger partial charge in [0.2, 0.25) is 5.91 Å². The summed E-state index contributed by atoms with van der Waals surface area (Å²) in [5.41, 5.74) is 1.04. The normalized spacial score (nSPS) is 10.3. The number of amides is 1. The molecule has 2 rings (SSSR count). The molecular weight excluding hydrogens is 254 g/mol. The van der Waals surface area contributed by atoms with Crippen LogP contribution in [0.5, 0.6) is 0 Å². The molecule has 0 fully saturated rings. The summed E-state index contributed by atoms with van der Waals surface area (Å²) >= 11 is 0. The molecule has 106 valence electrons. The first-order valence-corrected chi connectivity index (χ1v) is 6.56. The molecule has 0 saturated heterocycles. The molecule has 1 N–H and O–H groups in total. The first kappa shape index (κ1) is 14.1. The first-order valence-electron chi connectivity index (χ1n) is 6.56. The van der Waals surface area contributed by atoms with Gasteiger partial charge in [0.05, 0.1) is 6.26 Å². The average Bonchev–Trinajstić information content (AvgIpc) is 2.96. The molecule has 2 heterocycles. The topological polar surface area (TPSA) is 58.4 Å². The van der Waals surface area contributed by atoms with E-state index in [1.165, 1.54) is 0 Å². The van der Waals surface area contributed by atoms with Gasteiger partial charge in [-0.25, -0.2) is 4.98 Å². The fraction of sp³-hybridized carbons (Fsp3) is 0.333. The zero-order valence-electron chi connectivity index (χ0n) is 11.8. The molecule has 0 radical (unpaired) electrons. The fourth-order valence-corrected chi connectivity index (χ4v) is 1.80. The van der Waals surface area contributed by atoms with Crippen LogP contribution >= 0.6 is 0 Å². The Labute approximate surface area is 118 Å². The predicted octanol–water partition coefficient (Wildman–Crippen LogP) is 1.99. The van der Waals surface area contributed by atoms with Gasteiger partial charge in [-0.3, -0.25) is 4.79 Å². The maximum absolute atomic E-state index is 11.8. The highest BCUT2D eigenvalue weighted by Gasteiger charge is 2.05. The summed E-state index contributed by atoms with van der Waals surface area (Å²) in [5.74, 6) is 1.73. The van der Waals surface area contributed by atoms with Crippen molar-refractivity contribution in [3.63, 3.8) is 0 Å². The van der Waals surface area contributed by atoms with Crippen molar-refractivity contribution in [1.82, 2.24) is 10.3 Å². The molecule has 2 aromatic heterocycles. The molecule has 5 nitrogen and oxygen atoms in total. The number of aryl methyl sites for hydroxylation is 1. The number of hydrogen-bond acceptors (Lipinski definition) is 4. The van der Waals surface area contributed by atoms with E-state index in [0.29, 0.717) is 19.4 Å². The van der Waals surface area contributed by atoms with Crippen molar-refractivity contribution in [3.8, 4) is 0 Å². The molecule has 0 bridgehead atoms. The van der Waals surface area contributed by atoms with E-state index in [4.69, 9.17) is 4.42 Å². The van der Waals surface area contributed by atoms with Crippen molar-refractivity contribution in [2.45, 2.75) is 19.4 Å². The van der Waals surface area contributed by atoms with Crippen molar-refractivity contribution in [1.29, 1.82) is 0 Å². The minimum atomic E-state index is 0.0182. The lowest BCUT2D eigenvalue weighted by molar-refractivity contribution is -0.121. The highest BCUT2D eigenvalue weighted by molar-refractivity contribution is 5.76. The van der Waals surface area contributed by atoms with Gasteiger partial charge in [0, 0.05) is 39.7 Å². The Morgan fingerprint density at radius 2 is 2.25 bits per heavy atom. The van der Waals surface area contributed by atoms with E-state index in [9.17, 15) is 4.79 Å². The summed E-state index contributed by atoms with van der Waals surface area (Å²) in [5, 5.41) is 2.90. The zero-order valence-corrected chi connectivity index (χ0v) is 11.8. The number of furan rings is 1. The monoisotopic (exact) mass is 273 g/mol. The maximum Gasteiger partial charge on any atom is 0.220 e. The minimum absolute atomic E-state index is 0.0182. The van der Waals surface area contributed by atoms with E-state index in [1.807, 2.05) is 43.3 Å². The lowest BCUT2D eigenvalue weighted by Gasteiger charge is -2.12. The van der Waals surface area contributed by atoms with Crippen LogP contribution in [0.1, 0.15) is 17.7 Å². The molecule has 2 aromatic rings. The number of carbonyl (C=O) groups excluding carboxylic acids is 1. The van der Waals surface area contributed by atoms with Crippen LogP contribution < -0.4 is 10.2 Å². The number of nitrogens with zero attached hydrogens (tertiary/aromatic N) is 2. The highest BCUT2D eigenvalue weighted by atomic mass is 16.3. The van der Waals surface area contributed by atoms with Crippen molar-refractivity contribution < 1.29 is 9.21 Å². The Bertz CT molecular complexity index is 550. The number of pyridine rings is 1. The van der Waals surface area contributed by atoms with Crippen molar-refractivity contribution >= 4 is 11.7 Å². The van der Waals surface area contributed by atoms with Gasteiger partial charge in [-0.1, -0.05) is 0 Å². The van der Waals surface area contributed by atoms with Gasteiger partial charge in [0.25, 0.3) is 0 Å². The average molecular weight is 273 g/mol. The number of hydrogen-bond donors (Lipinski definition) is 1. The Hall–Kier alpha value is -2.30. The third-order valence-corrected chi connectivity index (χ3v) is 2.94. The van der Waals surface area contributed by atoms with Crippen LogP contribution in [-0.4, -0.2) is 25.0 Å². The van der Waals surface area contributed by atoms with Crippen molar-refractivity contribution in [2.75, 3.05) is 19.0 Å². The summed E-state index contributed by atoms with van der Waals surface area (Å²) in [4.78, 5) is 17.9. The Kier molecular flexibility index (Phi) is 4.76. The quantitative estimate of drug-likeness (QED) is 0.874. The second-order valence-corrected chi connectivity index (χ2v) is 4.77. The molecular formula is C15H19N3O2. The lowest BCUT2D eigenvalue weighted by atomic mass is 10.2. The summed E-state index contributed by atoms with van der Waals surface area (Å²) in [6, 6.07) is 7.57. The highest BCUT2D eigenvalue weighted by Crippen LogP contribution is 2.09. The number of rotatable bonds is 6. The Morgan fingerprint density at radius 3 is 2.95 bits per heavy atom. The van der Waals surface area contributed by atoms with Crippen LogP contribution in [0.25, 0.3) is 0 Å². The van der Waals surface area contributed by atoms with Gasteiger partial charge >= 0.3 is 0 Å². The van der Waals surface area contributed by atoms with Crippen LogP contribution in [0.4, 0.5) is 5.82 Å². The van der Waals surface area contributed by atoms with Gasteiger partial charge in [0.15, 0.2) is 0 Å². The predicted molar refractivity (Wildman–Crippen MR) is 77.4 cm³/mol. The molecule has 0 spiro atoms. The van der Waals surface area contributed by atoms with E-state index in [2.05, 4.69) is 10.3 Å². The molecule has 0 aromatic carbocycles. The SMILES string of the molecule is CN(C)c1cc(CNC(=O)CCc2ccco2)ccn1. The fourth-order valence-electron chi connectivity index (χ4n) is 1.80. The molecule has 0 aliphatic heterocycles. The molecule has 0 saturated carbocycles. The van der Waals surface area contributed by atoms with Crippen LogP contribution in [-0.2, 0) is 17.8 Å². The largest absolute Gasteiger partial charge is 0.469 e. The number of aromatic nitrogens is 1. The zero-order chi connectivity index (χ0) is 14.4. The lowest BCUT2D eigenvalue weighted by Crippen LogP contribution is -2.23. The van der Waals surface area contributed by atoms with E-state index in [1.54, 1.807) is 12.5 Å². The van der Waals surface area contributed by atoms with Crippen molar-refractivity contribution in [2.24, 2.45) is 0 Å². The van der Waals surface area contributed by atoms with Crippen LogP contribution in [0.15, 0.2) is 41.1 Å². The van der Waals surface area contributed by atoms with Gasteiger partial charge in [-0.05, 0) is 29.8 Å². The first-order chi connectivity index (χ1) is 9.65. The standard InChI is InChI=1S/C15H19N3O2/c1-18(2)14-10-12(7-8-16-14)11-17-15(19)6-5-13-4-3-9-20-13/h3-4,7-10H,5-6,11H2,1-2H3,(H,17,19). The molecule has 0 aliphatic carbocycles. The summed E-state index contributed by atoms with van der Waals surface area (Å²) in [6.45, 7) is 0.514. The van der Waals surface area contributed by atoms with E-state index in [-0.39, 0.29) is 5.91 Å². The third kappa shape index (κ3) is 4.12. The van der Waals surface area contributed by atoms with E-state index < -0.39 is 0 Å². The maximum atomic E-state index is 11.8. The smallest absolute Gasteiger partial charge is 0.220 e. The van der Waals surface area contributed by atoms with Gasteiger partial charge < -0.3 is 14.6 Å². The Balaban J connectivity index is 1.79. The van der Waals surface area contributed by atoms with Gasteiger partial charge in [-0.15, -0.1) is 0 Å². The van der Waals surface area contributed by atoms with Gasteiger partial charge in [-0.2, -0.15) is 0 Å². The molecule has 5 heteroatoms.